The molecule has 3 N–H and O–H groups in total. The molecule has 8 heteroatoms. The van der Waals surface area contributed by atoms with Crippen LogP contribution in [0.15, 0.2) is 41.3 Å². The number of benzene rings is 2. The van der Waals surface area contributed by atoms with Crippen LogP contribution in [-0.2, 0) is 10.0 Å². The zero-order valence-corrected chi connectivity index (χ0v) is 13.6. The van der Waals surface area contributed by atoms with Gasteiger partial charge in [0, 0.05) is 8.59 Å². The second kappa shape index (κ2) is 5.74. The van der Waals surface area contributed by atoms with Crippen molar-refractivity contribution >= 4 is 55.6 Å². The zero-order valence-electron chi connectivity index (χ0n) is 9.90. The topological polar surface area (TPSA) is 72.2 Å². The van der Waals surface area contributed by atoms with E-state index in [2.05, 4.69) is 4.72 Å². The van der Waals surface area contributed by atoms with E-state index < -0.39 is 15.8 Å². The van der Waals surface area contributed by atoms with Crippen LogP contribution in [0.1, 0.15) is 0 Å². The number of hydrogen-bond acceptors (Lipinski definition) is 3. The molecular weight excluding hydrogens is 418 g/mol. The normalized spacial score (nSPS) is 11.3. The summed E-state index contributed by atoms with van der Waals surface area (Å²) in [5.41, 5.74) is 6.00. The van der Waals surface area contributed by atoms with Crippen molar-refractivity contribution in [3.8, 4) is 0 Å². The van der Waals surface area contributed by atoms with E-state index in [4.69, 9.17) is 17.3 Å². The molecule has 0 aliphatic rings. The van der Waals surface area contributed by atoms with Gasteiger partial charge < -0.3 is 5.73 Å². The molecule has 0 spiro atoms. The summed E-state index contributed by atoms with van der Waals surface area (Å²) >= 11 is 7.62. The van der Waals surface area contributed by atoms with Crippen LogP contribution < -0.4 is 10.5 Å². The highest BCUT2D eigenvalue weighted by Gasteiger charge is 2.19. The van der Waals surface area contributed by atoms with Gasteiger partial charge in [0.15, 0.2) is 0 Å². The van der Waals surface area contributed by atoms with Gasteiger partial charge in [-0.1, -0.05) is 11.6 Å². The Balaban J connectivity index is 2.43. The number of nitrogens with one attached hydrogen (secondary N) is 1. The molecule has 0 saturated heterocycles. The number of anilines is 2. The molecule has 0 fully saturated rings. The minimum Gasteiger partial charge on any atom is -0.398 e. The number of sulfonamides is 1. The fourth-order valence-electron chi connectivity index (χ4n) is 1.51. The van der Waals surface area contributed by atoms with E-state index in [-0.39, 0.29) is 21.3 Å². The van der Waals surface area contributed by atoms with E-state index in [9.17, 15) is 12.8 Å². The van der Waals surface area contributed by atoms with Crippen molar-refractivity contribution in [3.05, 3.63) is 50.8 Å². The van der Waals surface area contributed by atoms with E-state index in [0.717, 1.165) is 0 Å². The Kier molecular flexibility index (Phi) is 4.40. The summed E-state index contributed by atoms with van der Waals surface area (Å²) in [6, 6.07) is 7.90. The second-order valence-electron chi connectivity index (χ2n) is 3.91. The predicted octanol–water partition coefficient (Wildman–Crippen LogP) is 3.47. The highest BCUT2D eigenvalue weighted by atomic mass is 127. The molecule has 2 aromatic rings. The Labute approximate surface area is 134 Å². The van der Waals surface area contributed by atoms with Gasteiger partial charge in [-0.05, 0) is 59.0 Å². The van der Waals surface area contributed by atoms with Crippen LogP contribution >= 0.6 is 34.2 Å². The lowest BCUT2D eigenvalue weighted by atomic mass is 10.3. The molecule has 0 saturated carbocycles. The standard InChI is InChI=1S/C12H9ClFIN2O2S/c13-7-1-3-10(16)12(5-7)20(18,19)17-11-4-2-8(14)6-9(11)15/h1-6,17H,16H2. The Bertz CT molecular complexity index is 768. The average Bonchev–Trinajstić information content (AvgIpc) is 2.35. The average molecular weight is 427 g/mol. The van der Waals surface area contributed by atoms with Crippen LogP contribution in [0.3, 0.4) is 0 Å². The minimum atomic E-state index is -3.89. The molecule has 0 aliphatic heterocycles. The smallest absolute Gasteiger partial charge is 0.264 e. The van der Waals surface area contributed by atoms with Crippen LogP contribution in [0, 0.1) is 9.39 Å². The molecule has 106 valence electrons. The molecule has 0 unspecified atom stereocenters. The molecule has 0 amide bonds. The maximum absolute atomic E-state index is 13.0. The molecule has 0 aromatic heterocycles. The van der Waals surface area contributed by atoms with Crippen molar-refractivity contribution in [2.24, 2.45) is 0 Å². The summed E-state index contributed by atoms with van der Waals surface area (Å²) in [4.78, 5) is -0.120. The maximum Gasteiger partial charge on any atom is 0.264 e. The van der Waals surface area contributed by atoms with E-state index in [1.54, 1.807) is 0 Å². The molecule has 2 aromatic carbocycles. The molecule has 0 atom stereocenters. The van der Waals surface area contributed by atoms with Gasteiger partial charge in [-0.15, -0.1) is 0 Å². The Morgan fingerprint density at radius 2 is 1.90 bits per heavy atom. The monoisotopic (exact) mass is 426 g/mol. The van der Waals surface area contributed by atoms with Gasteiger partial charge in [0.05, 0.1) is 11.4 Å². The fourth-order valence-corrected chi connectivity index (χ4v) is 3.78. The summed E-state index contributed by atoms with van der Waals surface area (Å²) in [7, 11) is -3.89. The lowest BCUT2D eigenvalue weighted by Gasteiger charge is -2.11. The van der Waals surface area contributed by atoms with E-state index in [0.29, 0.717) is 3.57 Å². The van der Waals surface area contributed by atoms with Crippen molar-refractivity contribution in [2.75, 3.05) is 10.5 Å². The third kappa shape index (κ3) is 3.33. The molecule has 0 bridgehead atoms. The van der Waals surface area contributed by atoms with Gasteiger partial charge in [-0.25, -0.2) is 12.8 Å². The van der Waals surface area contributed by atoms with Gasteiger partial charge in [-0.3, -0.25) is 4.72 Å². The van der Waals surface area contributed by atoms with Gasteiger partial charge in [0.1, 0.15) is 10.7 Å². The SMILES string of the molecule is Nc1ccc(Cl)cc1S(=O)(=O)Nc1ccc(F)cc1I. The van der Waals surface area contributed by atoms with Crippen molar-refractivity contribution in [1.82, 2.24) is 0 Å². The first-order valence-electron chi connectivity index (χ1n) is 5.32. The molecule has 20 heavy (non-hydrogen) atoms. The van der Waals surface area contributed by atoms with Crippen LogP contribution in [0.25, 0.3) is 0 Å². The molecule has 0 radical (unpaired) electrons. The third-order valence-corrected chi connectivity index (χ3v) is 4.99. The van der Waals surface area contributed by atoms with Crippen molar-refractivity contribution in [2.45, 2.75) is 4.90 Å². The number of rotatable bonds is 3. The summed E-state index contributed by atoms with van der Waals surface area (Å²) in [5, 5.41) is 0.258. The molecule has 0 aliphatic carbocycles. The Hall–Kier alpha value is -1.06. The number of hydrogen-bond donors (Lipinski definition) is 2. The summed E-state index contributed by atoms with van der Waals surface area (Å²) in [6.45, 7) is 0. The molecule has 4 nitrogen and oxygen atoms in total. The Morgan fingerprint density at radius 3 is 2.55 bits per heavy atom. The largest absolute Gasteiger partial charge is 0.398 e. The first-order chi connectivity index (χ1) is 9.29. The highest BCUT2D eigenvalue weighted by Crippen LogP contribution is 2.27. The van der Waals surface area contributed by atoms with Crippen LogP contribution in [0.2, 0.25) is 5.02 Å². The quantitative estimate of drug-likeness (QED) is 0.583. The third-order valence-electron chi connectivity index (χ3n) is 2.44. The number of halogens is 3. The van der Waals surface area contributed by atoms with Crippen molar-refractivity contribution in [3.63, 3.8) is 0 Å². The number of nitrogens with two attached hydrogens (primary N) is 1. The van der Waals surface area contributed by atoms with E-state index >= 15 is 0 Å². The summed E-state index contributed by atoms with van der Waals surface area (Å²) < 4.78 is 40.3. The van der Waals surface area contributed by atoms with Gasteiger partial charge in [-0.2, -0.15) is 0 Å². The maximum atomic E-state index is 13.0. The van der Waals surface area contributed by atoms with Crippen LogP contribution in [0.4, 0.5) is 15.8 Å². The van der Waals surface area contributed by atoms with Gasteiger partial charge >= 0.3 is 0 Å². The molecule has 0 heterocycles. The number of nitrogen functional groups attached to an aromatic ring is 1. The summed E-state index contributed by atoms with van der Waals surface area (Å²) in [5.74, 6) is -0.445. The summed E-state index contributed by atoms with van der Waals surface area (Å²) in [6.07, 6.45) is 0. The molecular formula is C12H9ClFIN2O2S. The first-order valence-corrected chi connectivity index (χ1v) is 8.26. The predicted molar refractivity (Wildman–Crippen MR) is 85.8 cm³/mol. The minimum absolute atomic E-state index is 0.0824. The van der Waals surface area contributed by atoms with Gasteiger partial charge in [0.2, 0.25) is 0 Å². The second-order valence-corrected chi connectivity index (χ2v) is 7.16. The fraction of sp³-hybridized carbons (Fsp3) is 0. The highest BCUT2D eigenvalue weighted by molar-refractivity contribution is 14.1. The van der Waals surface area contributed by atoms with Crippen LogP contribution in [0.5, 0.6) is 0 Å². The van der Waals surface area contributed by atoms with E-state index in [1.165, 1.54) is 36.4 Å². The van der Waals surface area contributed by atoms with Crippen molar-refractivity contribution in [1.29, 1.82) is 0 Å². The van der Waals surface area contributed by atoms with Crippen molar-refractivity contribution < 1.29 is 12.8 Å². The lowest BCUT2D eigenvalue weighted by molar-refractivity contribution is 0.601. The Morgan fingerprint density at radius 1 is 1.20 bits per heavy atom. The lowest BCUT2D eigenvalue weighted by Crippen LogP contribution is -2.15. The first kappa shape index (κ1) is 15.3. The molecule has 2 rings (SSSR count). The zero-order chi connectivity index (χ0) is 14.9. The van der Waals surface area contributed by atoms with Gasteiger partial charge in [0.25, 0.3) is 10.0 Å². The van der Waals surface area contributed by atoms with E-state index in [1.807, 2.05) is 22.6 Å². The van der Waals surface area contributed by atoms with Crippen LogP contribution in [-0.4, -0.2) is 8.42 Å².